The molecule has 0 aliphatic rings. The van der Waals surface area contributed by atoms with Crippen LogP contribution in [0.2, 0.25) is 10.0 Å². The molecule has 100 valence electrons. The van der Waals surface area contributed by atoms with E-state index in [1.807, 2.05) is 13.0 Å². The lowest BCUT2D eigenvalue weighted by Crippen LogP contribution is -1.92. The summed E-state index contributed by atoms with van der Waals surface area (Å²) < 4.78 is 6.54. The number of aryl methyl sites for hydroxylation is 1. The van der Waals surface area contributed by atoms with Crippen LogP contribution in [-0.4, -0.2) is 0 Å². The number of nitrogen functional groups attached to an aromatic ring is 1. The van der Waals surface area contributed by atoms with Crippen molar-refractivity contribution in [3.63, 3.8) is 0 Å². The van der Waals surface area contributed by atoms with E-state index >= 15 is 0 Å². The lowest BCUT2D eigenvalue weighted by Gasteiger charge is -2.12. The van der Waals surface area contributed by atoms with E-state index in [9.17, 15) is 0 Å². The zero-order valence-corrected chi connectivity index (χ0v) is 13.3. The van der Waals surface area contributed by atoms with Gasteiger partial charge in [0, 0.05) is 10.2 Å². The van der Waals surface area contributed by atoms with Gasteiger partial charge in [-0.15, -0.1) is 0 Å². The Labute approximate surface area is 130 Å². The molecular weight excluding hydrogens is 349 g/mol. The number of nitrogens with two attached hydrogens (primary N) is 1. The minimum Gasteiger partial charge on any atom is -0.454 e. The first-order valence-corrected chi connectivity index (χ1v) is 7.27. The zero-order chi connectivity index (χ0) is 14.0. The summed E-state index contributed by atoms with van der Waals surface area (Å²) in [6.07, 6.45) is 0.817. The predicted octanol–water partition coefficient (Wildman–Crippen LogP) is 5.69. The fourth-order valence-corrected chi connectivity index (χ4v) is 2.57. The van der Waals surface area contributed by atoms with Gasteiger partial charge < -0.3 is 10.5 Å². The van der Waals surface area contributed by atoms with Gasteiger partial charge in [0.2, 0.25) is 0 Å². The van der Waals surface area contributed by atoms with Crippen LogP contribution >= 0.6 is 39.1 Å². The van der Waals surface area contributed by atoms with Gasteiger partial charge in [-0.3, -0.25) is 0 Å². The molecule has 0 heterocycles. The van der Waals surface area contributed by atoms with E-state index in [1.54, 1.807) is 24.3 Å². The van der Waals surface area contributed by atoms with Crippen molar-refractivity contribution in [2.45, 2.75) is 13.3 Å². The molecule has 0 aromatic heterocycles. The highest BCUT2D eigenvalue weighted by Gasteiger charge is 2.12. The Hall–Kier alpha value is -0.900. The van der Waals surface area contributed by atoms with Crippen LogP contribution in [0, 0.1) is 0 Å². The van der Waals surface area contributed by atoms with Crippen molar-refractivity contribution in [2.24, 2.45) is 0 Å². The maximum Gasteiger partial charge on any atom is 0.164 e. The number of hydrogen-bond acceptors (Lipinski definition) is 2. The molecule has 0 bridgehead atoms. The molecule has 2 N–H and O–H groups in total. The normalized spacial score (nSPS) is 10.5. The van der Waals surface area contributed by atoms with Crippen molar-refractivity contribution in [1.29, 1.82) is 0 Å². The second kappa shape index (κ2) is 6.04. The second-order valence-corrected chi connectivity index (χ2v) is 5.63. The first kappa shape index (κ1) is 14.5. The SMILES string of the molecule is CCc1ccc(Cl)c(Oc2ccc(N)c(Br)c2)c1Cl. The maximum absolute atomic E-state index is 6.29. The van der Waals surface area contributed by atoms with Crippen molar-refractivity contribution in [3.8, 4) is 11.5 Å². The third-order valence-corrected chi connectivity index (χ3v) is 4.10. The second-order valence-electron chi connectivity index (χ2n) is 3.99. The van der Waals surface area contributed by atoms with E-state index in [1.165, 1.54) is 0 Å². The van der Waals surface area contributed by atoms with Gasteiger partial charge in [0.05, 0.1) is 10.0 Å². The third-order valence-electron chi connectivity index (χ3n) is 2.70. The fraction of sp³-hybridized carbons (Fsp3) is 0.143. The summed E-state index contributed by atoms with van der Waals surface area (Å²) >= 11 is 15.8. The van der Waals surface area contributed by atoms with Gasteiger partial charge >= 0.3 is 0 Å². The van der Waals surface area contributed by atoms with E-state index in [0.29, 0.717) is 27.2 Å². The highest BCUT2D eigenvalue weighted by Crippen LogP contribution is 2.39. The molecule has 0 radical (unpaired) electrons. The highest BCUT2D eigenvalue weighted by molar-refractivity contribution is 9.10. The standard InChI is InChI=1S/C14H12BrCl2NO/c1-2-8-3-5-11(16)14(13(8)17)19-9-4-6-12(18)10(15)7-9/h3-7H,2,18H2,1H3. The smallest absolute Gasteiger partial charge is 0.164 e. The first-order valence-electron chi connectivity index (χ1n) is 5.72. The predicted molar refractivity (Wildman–Crippen MR) is 84.5 cm³/mol. The summed E-state index contributed by atoms with van der Waals surface area (Å²) in [7, 11) is 0. The largest absolute Gasteiger partial charge is 0.454 e. The van der Waals surface area contributed by atoms with Gasteiger partial charge in [-0.2, -0.15) is 0 Å². The average molecular weight is 361 g/mol. The van der Waals surface area contributed by atoms with Crippen LogP contribution in [-0.2, 0) is 6.42 Å². The number of rotatable bonds is 3. The maximum atomic E-state index is 6.29. The molecule has 2 aromatic rings. The molecule has 0 aliphatic heterocycles. The molecule has 0 unspecified atom stereocenters. The molecule has 0 aliphatic carbocycles. The highest BCUT2D eigenvalue weighted by atomic mass is 79.9. The number of anilines is 1. The van der Waals surface area contributed by atoms with Crippen molar-refractivity contribution in [2.75, 3.05) is 5.73 Å². The van der Waals surface area contributed by atoms with Crippen molar-refractivity contribution in [1.82, 2.24) is 0 Å². The lowest BCUT2D eigenvalue weighted by atomic mass is 10.1. The summed E-state index contributed by atoms with van der Waals surface area (Å²) in [6, 6.07) is 8.99. The molecule has 5 heteroatoms. The van der Waals surface area contributed by atoms with Crippen molar-refractivity contribution < 1.29 is 4.74 Å². The lowest BCUT2D eigenvalue weighted by molar-refractivity contribution is 0.482. The quantitative estimate of drug-likeness (QED) is 0.713. The molecule has 2 nitrogen and oxygen atoms in total. The Bertz CT molecular complexity index is 617. The summed E-state index contributed by atoms with van der Waals surface area (Å²) in [5, 5.41) is 1.03. The van der Waals surface area contributed by atoms with Crippen LogP contribution in [0.5, 0.6) is 11.5 Å². The number of halogens is 3. The molecule has 2 aromatic carbocycles. The van der Waals surface area contributed by atoms with E-state index < -0.39 is 0 Å². The van der Waals surface area contributed by atoms with Crippen molar-refractivity contribution in [3.05, 3.63) is 50.4 Å². The fourth-order valence-electron chi connectivity index (χ4n) is 1.63. The summed E-state index contributed by atoms with van der Waals surface area (Å²) in [6.45, 7) is 2.03. The molecule has 2 rings (SSSR count). The molecule has 0 fully saturated rings. The van der Waals surface area contributed by atoms with Gasteiger partial charge in [0.25, 0.3) is 0 Å². The van der Waals surface area contributed by atoms with Crippen LogP contribution in [0.1, 0.15) is 12.5 Å². The Morgan fingerprint density at radius 2 is 1.95 bits per heavy atom. The average Bonchev–Trinajstić information content (AvgIpc) is 2.39. The van der Waals surface area contributed by atoms with Crippen LogP contribution in [0.15, 0.2) is 34.8 Å². The first-order chi connectivity index (χ1) is 9.02. The Morgan fingerprint density at radius 3 is 2.58 bits per heavy atom. The Morgan fingerprint density at radius 1 is 1.21 bits per heavy atom. The molecule has 0 spiro atoms. The van der Waals surface area contributed by atoms with E-state index in [4.69, 9.17) is 33.7 Å². The monoisotopic (exact) mass is 359 g/mol. The van der Waals surface area contributed by atoms with Crippen LogP contribution in [0.4, 0.5) is 5.69 Å². The molecular formula is C14H12BrCl2NO. The Kier molecular flexibility index (Phi) is 4.61. The summed E-state index contributed by atoms with van der Waals surface area (Å²) in [5.41, 5.74) is 7.37. The number of hydrogen-bond donors (Lipinski definition) is 1. The van der Waals surface area contributed by atoms with Gasteiger partial charge in [-0.25, -0.2) is 0 Å². The van der Waals surface area contributed by atoms with E-state index in [-0.39, 0.29) is 0 Å². The Balaban J connectivity index is 2.40. The topological polar surface area (TPSA) is 35.2 Å². The minimum atomic E-state index is 0.472. The van der Waals surface area contributed by atoms with Gasteiger partial charge in [0.1, 0.15) is 5.75 Å². The molecule has 0 amide bonds. The molecule has 0 saturated carbocycles. The van der Waals surface area contributed by atoms with E-state index in [0.717, 1.165) is 16.5 Å². The number of benzene rings is 2. The molecule has 19 heavy (non-hydrogen) atoms. The van der Waals surface area contributed by atoms with Gasteiger partial charge in [-0.1, -0.05) is 36.2 Å². The summed E-state index contributed by atoms with van der Waals surface area (Å²) in [4.78, 5) is 0. The zero-order valence-electron chi connectivity index (χ0n) is 10.2. The van der Waals surface area contributed by atoms with Crippen molar-refractivity contribution >= 4 is 44.8 Å². The number of ether oxygens (including phenoxy) is 1. The van der Waals surface area contributed by atoms with Gasteiger partial charge in [0.15, 0.2) is 5.75 Å². The van der Waals surface area contributed by atoms with Crippen LogP contribution in [0.25, 0.3) is 0 Å². The van der Waals surface area contributed by atoms with Crippen LogP contribution in [0.3, 0.4) is 0 Å². The van der Waals surface area contributed by atoms with Crippen LogP contribution < -0.4 is 10.5 Å². The minimum absolute atomic E-state index is 0.472. The molecule has 0 atom stereocenters. The summed E-state index contributed by atoms with van der Waals surface area (Å²) in [5.74, 6) is 1.09. The van der Waals surface area contributed by atoms with Gasteiger partial charge in [-0.05, 0) is 52.2 Å². The van der Waals surface area contributed by atoms with E-state index in [2.05, 4.69) is 15.9 Å². The third kappa shape index (κ3) is 3.16. The molecule has 0 saturated heterocycles.